The molecule has 5 nitrogen and oxygen atoms in total. The molecule has 0 aromatic heterocycles. The molecule has 148 valence electrons. The van der Waals surface area contributed by atoms with Gasteiger partial charge in [-0.25, -0.2) is 0 Å². The molecule has 0 aliphatic rings. The third-order valence-corrected chi connectivity index (χ3v) is 4.58. The Morgan fingerprint density at radius 1 is 0.720 bits per heavy atom. The van der Waals surface area contributed by atoms with E-state index in [-0.39, 0.29) is 29.5 Å². The largest absolute Gasteiger partial charge is 0.448 e. The van der Waals surface area contributed by atoms with Gasteiger partial charge in [0.25, 0.3) is 0 Å². The normalized spacial score (nSPS) is 11.1. The summed E-state index contributed by atoms with van der Waals surface area (Å²) in [5, 5.41) is 0. The van der Waals surface area contributed by atoms with E-state index in [1.807, 2.05) is 0 Å². The van der Waals surface area contributed by atoms with E-state index in [0.29, 0.717) is 6.42 Å². The van der Waals surface area contributed by atoms with Crippen molar-refractivity contribution in [2.75, 3.05) is 0 Å². The molecule has 0 saturated heterocycles. The van der Waals surface area contributed by atoms with Crippen LogP contribution in [0.4, 0.5) is 0 Å². The monoisotopic (exact) mass is 390 g/mol. The van der Waals surface area contributed by atoms with Gasteiger partial charge in [0.1, 0.15) is 0 Å². The maximum absolute atomic E-state index is 11.0. The summed E-state index contributed by atoms with van der Waals surface area (Å²) >= 11 is 0. The van der Waals surface area contributed by atoms with Gasteiger partial charge in [0.2, 0.25) is 0 Å². The zero-order chi connectivity index (χ0) is 18.1. The highest BCUT2D eigenvalue weighted by Crippen LogP contribution is 2.13. The van der Waals surface area contributed by atoms with Crippen LogP contribution >= 0.6 is 0 Å². The predicted octanol–water partition coefficient (Wildman–Crippen LogP) is 4.68. The Labute approximate surface area is 170 Å². The molecular formula is C18H38MgO5S. The van der Waals surface area contributed by atoms with Crippen molar-refractivity contribution in [2.45, 2.75) is 110 Å². The molecule has 0 unspecified atom stereocenters. The summed E-state index contributed by atoms with van der Waals surface area (Å²) in [6.45, 7) is 2.25. The summed E-state index contributed by atoms with van der Waals surface area (Å²) in [7, 11) is -4.64. The summed E-state index contributed by atoms with van der Waals surface area (Å²) in [6.07, 6.45) is 18.5. The third-order valence-electron chi connectivity index (χ3n) is 4.18. The molecule has 0 aromatic rings. The molecule has 0 aliphatic carbocycles. The van der Waals surface area contributed by atoms with Crippen molar-refractivity contribution in [2.24, 2.45) is 0 Å². The third kappa shape index (κ3) is 24.1. The number of rotatable bonds is 17. The van der Waals surface area contributed by atoms with Crippen LogP contribution in [0.2, 0.25) is 0 Å². The van der Waals surface area contributed by atoms with Gasteiger partial charge >= 0.3 is 39.4 Å². The fourth-order valence-electron chi connectivity index (χ4n) is 2.80. The highest BCUT2D eigenvalue weighted by Gasteiger charge is 2.12. The highest BCUT2D eigenvalue weighted by molar-refractivity contribution is 7.81. The molecule has 0 amide bonds. The summed E-state index contributed by atoms with van der Waals surface area (Å²) in [6, 6.07) is 0. The smallest absolute Gasteiger partial charge is 0.325 e. The number of carbonyl (C=O) groups excluding carboxylic acids is 1. The van der Waals surface area contributed by atoms with Crippen LogP contribution < -0.4 is 0 Å². The Balaban J connectivity index is 0. The van der Waals surface area contributed by atoms with E-state index in [1.165, 1.54) is 70.6 Å². The minimum Gasteiger partial charge on any atom is -0.325 e. The van der Waals surface area contributed by atoms with Crippen molar-refractivity contribution in [3.05, 3.63) is 0 Å². The van der Waals surface area contributed by atoms with Gasteiger partial charge in [-0.1, -0.05) is 96.8 Å². The quantitative estimate of drug-likeness (QED) is 0.221. The second-order valence-electron chi connectivity index (χ2n) is 6.58. The average Bonchev–Trinajstić information content (AvgIpc) is 2.49. The average molecular weight is 391 g/mol. The standard InChI is InChI=1S/C18H36O5S.Mg.2H/c1-2-3-4-5-6-7-8-9-10-11-12-13-14-15-16-17-18(19)23-24(20,21)22;;;/h2-17H2,1H3,(H,20,21,22);;;. The van der Waals surface area contributed by atoms with Crippen molar-refractivity contribution in [3.8, 4) is 0 Å². The van der Waals surface area contributed by atoms with Gasteiger partial charge in [0.15, 0.2) is 0 Å². The van der Waals surface area contributed by atoms with Crippen LogP contribution in [0, 0.1) is 0 Å². The Bertz CT molecular complexity index is 398. The van der Waals surface area contributed by atoms with Gasteiger partial charge < -0.3 is 4.18 Å². The van der Waals surface area contributed by atoms with Crippen molar-refractivity contribution >= 4 is 39.4 Å². The lowest BCUT2D eigenvalue weighted by molar-refractivity contribution is -0.134. The second-order valence-corrected chi connectivity index (χ2v) is 7.60. The van der Waals surface area contributed by atoms with Gasteiger partial charge in [-0.2, -0.15) is 8.42 Å². The molecule has 0 heterocycles. The molecule has 0 bridgehead atoms. The first-order chi connectivity index (χ1) is 11.5. The minimum absolute atomic E-state index is 0. The fraction of sp³-hybridized carbons (Fsp3) is 0.944. The van der Waals surface area contributed by atoms with Crippen molar-refractivity contribution in [1.29, 1.82) is 0 Å². The molecule has 0 atom stereocenters. The highest BCUT2D eigenvalue weighted by atomic mass is 32.3. The van der Waals surface area contributed by atoms with E-state index in [9.17, 15) is 13.2 Å². The molecule has 0 aromatic carbocycles. The van der Waals surface area contributed by atoms with Crippen molar-refractivity contribution in [1.82, 2.24) is 0 Å². The SMILES string of the molecule is CCCCCCCCCCCCCCCCCC(=O)OS(=O)(=O)O.[MgH2]. The predicted molar refractivity (Wildman–Crippen MR) is 106 cm³/mol. The lowest BCUT2D eigenvalue weighted by Crippen LogP contribution is -2.11. The summed E-state index contributed by atoms with van der Waals surface area (Å²) < 4.78 is 32.8. The van der Waals surface area contributed by atoms with Crippen LogP contribution in [0.3, 0.4) is 0 Å². The van der Waals surface area contributed by atoms with Crippen LogP contribution in [0.25, 0.3) is 0 Å². The molecule has 1 N–H and O–H groups in total. The lowest BCUT2D eigenvalue weighted by atomic mass is 10.0. The van der Waals surface area contributed by atoms with E-state index in [2.05, 4.69) is 11.1 Å². The Morgan fingerprint density at radius 2 is 1.04 bits per heavy atom. The number of carbonyl (C=O) groups is 1. The van der Waals surface area contributed by atoms with Crippen LogP contribution in [0.1, 0.15) is 110 Å². The van der Waals surface area contributed by atoms with Gasteiger partial charge in [0.05, 0.1) is 0 Å². The summed E-state index contributed by atoms with van der Waals surface area (Å²) in [4.78, 5) is 11.0. The molecule has 0 spiro atoms. The lowest BCUT2D eigenvalue weighted by Gasteiger charge is -2.03. The van der Waals surface area contributed by atoms with Gasteiger partial charge in [0, 0.05) is 6.42 Å². The molecular weight excluding hydrogens is 353 g/mol. The van der Waals surface area contributed by atoms with Gasteiger partial charge in [-0.3, -0.25) is 9.35 Å². The van der Waals surface area contributed by atoms with E-state index in [4.69, 9.17) is 4.55 Å². The van der Waals surface area contributed by atoms with Crippen LogP contribution in [0.5, 0.6) is 0 Å². The molecule has 0 fully saturated rings. The zero-order valence-corrected chi connectivity index (χ0v) is 16.1. The van der Waals surface area contributed by atoms with Crippen LogP contribution in [0.15, 0.2) is 0 Å². The Morgan fingerprint density at radius 3 is 1.36 bits per heavy atom. The maximum Gasteiger partial charge on any atom is 0.448 e. The maximum atomic E-state index is 11.0. The summed E-state index contributed by atoms with van der Waals surface area (Å²) in [5.74, 6) is -0.882. The first kappa shape index (κ1) is 27.4. The van der Waals surface area contributed by atoms with Crippen molar-refractivity contribution in [3.63, 3.8) is 0 Å². The molecule has 0 saturated carbocycles. The molecule has 7 heteroatoms. The van der Waals surface area contributed by atoms with E-state index in [1.54, 1.807) is 0 Å². The first-order valence-electron chi connectivity index (χ1n) is 9.65. The van der Waals surface area contributed by atoms with Crippen LogP contribution in [-0.2, 0) is 19.4 Å². The number of unbranched alkanes of at least 4 members (excludes halogenated alkanes) is 14. The van der Waals surface area contributed by atoms with Gasteiger partial charge in [-0.15, -0.1) is 0 Å². The first-order valence-corrected chi connectivity index (χ1v) is 11.0. The molecule has 0 radical (unpaired) electrons. The Kier molecular flexibility index (Phi) is 20.7. The summed E-state index contributed by atoms with van der Waals surface area (Å²) in [5.41, 5.74) is 0. The van der Waals surface area contributed by atoms with E-state index >= 15 is 0 Å². The topological polar surface area (TPSA) is 80.7 Å². The number of hydrogen-bond donors (Lipinski definition) is 1. The fourth-order valence-corrected chi connectivity index (χ4v) is 3.12. The van der Waals surface area contributed by atoms with Gasteiger partial charge in [-0.05, 0) is 6.42 Å². The number of hydrogen-bond acceptors (Lipinski definition) is 4. The Hall–Kier alpha value is 0.146. The molecule has 0 aliphatic heterocycles. The zero-order valence-electron chi connectivity index (χ0n) is 15.3. The molecule has 0 rings (SSSR count). The minimum atomic E-state index is -4.64. The van der Waals surface area contributed by atoms with Crippen LogP contribution in [-0.4, -0.2) is 42.0 Å². The van der Waals surface area contributed by atoms with Crippen molar-refractivity contribution < 1.29 is 21.9 Å². The second kappa shape index (κ2) is 18.9. The molecule has 25 heavy (non-hydrogen) atoms. The van der Waals surface area contributed by atoms with E-state index in [0.717, 1.165) is 19.3 Å². The van der Waals surface area contributed by atoms with E-state index < -0.39 is 16.4 Å².